The number of aromatic nitrogens is 2. The summed E-state index contributed by atoms with van der Waals surface area (Å²) in [5, 5.41) is 13.5. The van der Waals surface area contributed by atoms with Crippen LogP contribution in [0.25, 0.3) is 5.69 Å². The van der Waals surface area contributed by atoms with Crippen LogP contribution in [0.5, 0.6) is 0 Å². The van der Waals surface area contributed by atoms with Gasteiger partial charge in [0, 0.05) is 9.89 Å². The van der Waals surface area contributed by atoms with Crippen LogP contribution in [0.1, 0.15) is 37.0 Å². The van der Waals surface area contributed by atoms with Crippen molar-refractivity contribution < 1.29 is 9.90 Å². The Morgan fingerprint density at radius 1 is 1.25 bits per heavy atom. The van der Waals surface area contributed by atoms with Crippen molar-refractivity contribution in [3.8, 4) is 5.69 Å². The quantitative estimate of drug-likeness (QED) is 0.811. The molecule has 20 heavy (non-hydrogen) atoms. The fraction of sp³-hybridized carbons (Fsp3) is 0.286. The SMILES string of the molecule is CC(C)(C)c1c(Br)c(C(=O)O)nn1-c1ccccc1Br. The van der Waals surface area contributed by atoms with Crippen molar-refractivity contribution in [2.75, 3.05) is 0 Å². The number of carboxylic acids is 1. The lowest BCUT2D eigenvalue weighted by molar-refractivity contribution is 0.0689. The van der Waals surface area contributed by atoms with Gasteiger partial charge < -0.3 is 5.11 Å². The predicted molar refractivity (Wildman–Crippen MR) is 84.6 cm³/mol. The van der Waals surface area contributed by atoms with Crippen LogP contribution in [-0.4, -0.2) is 20.9 Å². The number of aromatic carboxylic acids is 1. The summed E-state index contributed by atoms with van der Waals surface area (Å²) in [6.07, 6.45) is 0. The average molecular weight is 402 g/mol. The molecule has 0 saturated heterocycles. The van der Waals surface area contributed by atoms with E-state index >= 15 is 0 Å². The number of halogens is 2. The zero-order valence-electron chi connectivity index (χ0n) is 11.3. The number of hydrogen-bond donors (Lipinski definition) is 1. The molecule has 0 fully saturated rings. The average Bonchev–Trinajstić information content (AvgIpc) is 2.67. The van der Waals surface area contributed by atoms with Gasteiger partial charge in [-0.15, -0.1) is 0 Å². The van der Waals surface area contributed by atoms with Crippen LogP contribution in [0.4, 0.5) is 0 Å². The molecule has 0 atom stereocenters. The van der Waals surface area contributed by atoms with Crippen LogP contribution in [0.2, 0.25) is 0 Å². The molecule has 1 aromatic carbocycles. The molecule has 0 unspecified atom stereocenters. The molecule has 0 aliphatic heterocycles. The summed E-state index contributed by atoms with van der Waals surface area (Å²) in [7, 11) is 0. The van der Waals surface area contributed by atoms with Crippen molar-refractivity contribution in [1.29, 1.82) is 0 Å². The van der Waals surface area contributed by atoms with E-state index in [4.69, 9.17) is 0 Å². The summed E-state index contributed by atoms with van der Waals surface area (Å²) in [6.45, 7) is 6.06. The maximum Gasteiger partial charge on any atom is 0.357 e. The zero-order chi connectivity index (χ0) is 15.1. The first kappa shape index (κ1) is 15.3. The van der Waals surface area contributed by atoms with Gasteiger partial charge in [-0.2, -0.15) is 5.10 Å². The Morgan fingerprint density at radius 2 is 1.85 bits per heavy atom. The Labute approximate surface area is 134 Å². The summed E-state index contributed by atoms with van der Waals surface area (Å²) >= 11 is 6.86. The Hall–Kier alpha value is -1.14. The van der Waals surface area contributed by atoms with Gasteiger partial charge in [-0.1, -0.05) is 32.9 Å². The molecule has 0 aliphatic carbocycles. The maximum atomic E-state index is 11.3. The smallest absolute Gasteiger partial charge is 0.357 e. The second kappa shape index (κ2) is 5.33. The number of nitrogens with zero attached hydrogens (tertiary/aromatic N) is 2. The summed E-state index contributed by atoms with van der Waals surface area (Å²) < 4.78 is 3.06. The fourth-order valence-corrected chi connectivity index (χ4v) is 3.44. The Bertz CT molecular complexity index is 672. The lowest BCUT2D eigenvalue weighted by Gasteiger charge is -2.21. The van der Waals surface area contributed by atoms with Crippen molar-refractivity contribution in [3.05, 3.63) is 44.6 Å². The minimum Gasteiger partial charge on any atom is -0.476 e. The minimum absolute atomic E-state index is 0.0191. The summed E-state index contributed by atoms with van der Waals surface area (Å²) in [6, 6.07) is 7.59. The fourth-order valence-electron chi connectivity index (χ4n) is 1.98. The zero-order valence-corrected chi connectivity index (χ0v) is 14.5. The van der Waals surface area contributed by atoms with E-state index in [-0.39, 0.29) is 11.1 Å². The lowest BCUT2D eigenvalue weighted by atomic mass is 9.91. The minimum atomic E-state index is -1.05. The van der Waals surface area contributed by atoms with Crippen LogP contribution >= 0.6 is 31.9 Å². The molecule has 106 valence electrons. The van der Waals surface area contributed by atoms with Crippen LogP contribution in [0.3, 0.4) is 0 Å². The molecule has 2 rings (SSSR count). The largest absolute Gasteiger partial charge is 0.476 e. The van der Waals surface area contributed by atoms with Gasteiger partial charge in [0.1, 0.15) is 0 Å². The van der Waals surface area contributed by atoms with E-state index in [0.29, 0.717) is 4.47 Å². The Morgan fingerprint density at radius 3 is 2.35 bits per heavy atom. The number of carbonyl (C=O) groups is 1. The molecule has 0 saturated carbocycles. The maximum absolute atomic E-state index is 11.3. The van der Waals surface area contributed by atoms with Gasteiger partial charge in [-0.3, -0.25) is 0 Å². The molecule has 2 aromatic rings. The third-order valence-electron chi connectivity index (χ3n) is 2.82. The van der Waals surface area contributed by atoms with Gasteiger partial charge in [0.2, 0.25) is 0 Å². The van der Waals surface area contributed by atoms with Crippen molar-refractivity contribution >= 4 is 37.8 Å². The van der Waals surface area contributed by atoms with E-state index in [0.717, 1.165) is 15.9 Å². The van der Waals surface area contributed by atoms with Crippen molar-refractivity contribution in [1.82, 2.24) is 9.78 Å². The number of para-hydroxylation sites is 1. The highest BCUT2D eigenvalue weighted by Crippen LogP contribution is 2.35. The predicted octanol–water partition coefficient (Wildman–Crippen LogP) is 4.39. The van der Waals surface area contributed by atoms with E-state index in [9.17, 15) is 9.90 Å². The molecule has 6 heteroatoms. The molecule has 0 aliphatic rings. The van der Waals surface area contributed by atoms with E-state index in [1.165, 1.54) is 0 Å². The number of carboxylic acid groups (broad SMARTS) is 1. The van der Waals surface area contributed by atoms with Gasteiger partial charge in [-0.25, -0.2) is 9.48 Å². The first-order valence-electron chi connectivity index (χ1n) is 6.00. The van der Waals surface area contributed by atoms with Crippen LogP contribution in [0.15, 0.2) is 33.2 Å². The summed E-state index contributed by atoms with van der Waals surface area (Å²) in [4.78, 5) is 11.3. The van der Waals surface area contributed by atoms with Crippen molar-refractivity contribution in [3.63, 3.8) is 0 Å². The number of benzene rings is 1. The monoisotopic (exact) mass is 400 g/mol. The standard InChI is InChI=1S/C14H14Br2N2O2/c1-14(2,3)12-10(16)11(13(19)20)17-18(12)9-7-5-4-6-8(9)15/h4-7H,1-3H3,(H,19,20). The van der Waals surface area contributed by atoms with Crippen LogP contribution < -0.4 is 0 Å². The Kier molecular flexibility index (Phi) is 4.07. The van der Waals surface area contributed by atoms with Crippen molar-refractivity contribution in [2.24, 2.45) is 0 Å². The third kappa shape index (κ3) is 2.67. The molecule has 0 spiro atoms. The first-order valence-corrected chi connectivity index (χ1v) is 7.59. The van der Waals surface area contributed by atoms with Crippen molar-refractivity contribution in [2.45, 2.75) is 26.2 Å². The molecule has 1 heterocycles. The Balaban J connectivity index is 2.80. The second-order valence-corrected chi connectivity index (χ2v) is 7.08. The molecular formula is C14H14Br2N2O2. The van der Waals surface area contributed by atoms with Crippen LogP contribution in [0, 0.1) is 0 Å². The molecule has 0 amide bonds. The highest BCUT2D eigenvalue weighted by atomic mass is 79.9. The van der Waals surface area contributed by atoms with E-state index in [1.807, 2.05) is 45.0 Å². The van der Waals surface area contributed by atoms with Gasteiger partial charge >= 0.3 is 5.97 Å². The topological polar surface area (TPSA) is 55.1 Å². The van der Waals surface area contributed by atoms with E-state index < -0.39 is 5.97 Å². The molecular weight excluding hydrogens is 388 g/mol. The third-order valence-corrected chi connectivity index (χ3v) is 4.24. The molecule has 4 nitrogen and oxygen atoms in total. The van der Waals surface area contributed by atoms with Gasteiger partial charge in [0.15, 0.2) is 5.69 Å². The van der Waals surface area contributed by atoms with Gasteiger partial charge in [0.05, 0.1) is 15.9 Å². The summed E-state index contributed by atoms with van der Waals surface area (Å²) in [5.41, 5.74) is 1.40. The number of hydrogen-bond acceptors (Lipinski definition) is 2. The summed E-state index contributed by atoms with van der Waals surface area (Å²) in [5.74, 6) is -1.05. The van der Waals surface area contributed by atoms with Gasteiger partial charge in [-0.05, 0) is 44.0 Å². The second-order valence-electron chi connectivity index (χ2n) is 5.43. The highest BCUT2D eigenvalue weighted by molar-refractivity contribution is 9.11. The normalized spacial score (nSPS) is 11.7. The highest BCUT2D eigenvalue weighted by Gasteiger charge is 2.29. The number of rotatable bonds is 2. The lowest BCUT2D eigenvalue weighted by Crippen LogP contribution is -2.18. The first-order chi connectivity index (χ1) is 9.23. The van der Waals surface area contributed by atoms with E-state index in [2.05, 4.69) is 37.0 Å². The van der Waals surface area contributed by atoms with E-state index in [1.54, 1.807) is 4.68 Å². The molecule has 1 N–H and O–H groups in total. The molecule has 0 radical (unpaired) electrons. The molecule has 0 bridgehead atoms. The van der Waals surface area contributed by atoms with Gasteiger partial charge in [0.25, 0.3) is 0 Å². The molecule has 1 aromatic heterocycles. The van der Waals surface area contributed by atoms with Crippen LogP contribution in [-0.2, 0) is 5.41 Å².